The van der Waals surface area contributed by atoms with Crippen LogP contribution >= 0.6 is 0 Å². The van der Waals surface area contributed by atoms with Gasteiger partial charge in [-0.25, -0.2) is 4.79 Å². The molecule has 2 aromatic rings. The van der Waals surface area contributed by atoms with Gasteiger partial charge >= 0.3 is 5.97 Å². The molecule has 0 heterocycles. The molecule has 0 aliphatic rings. The first-order chi connectivity index (χ1) is 11.1. The number of carbonyl (C=O) groups is 2. The van der Waals surface area contributed by atoms with Crippen LogP contribution in [0, 0.1) is 0 Å². The van der Waals surface area contributed by atoms with Gasteiger partial charge < -0.3 is 15.0 Å². The molecule has 0 fully saturated rings. The third-order valence-corrected chi connectivity index (χ3v) is 3.42. The van der Waals surface area contributed by atoms with E-state index in [1.807, 2.05) is 37.4 Å². The average Bonchev–Trinajstić information content (AvgIpc) is 2.55. The normalized spacial score (nSPS) is 11.6. The van der Waals surface area contributed by atoms with Crippen LogP contribution in [0.15, 0.2) is 54.6 Å². The van der Waals surface area contributed by atoms with Gasteiger partial charge in [0, 0.05) is 5.56 Å². The number of anilines is 1. The second-order valence-electron chi connectivity index (χ2n) is 5.38. The summed E-state index contributed by atoms with van der Waals surface area (Å²) in [5.74, 6) is -0.610. The van der Waals surface area contributed by atoms with Crippen molar-refractivity contribution in [3.05, 3.63) is 65.7 Å². The van der Waals surface area contributed by atoms with E-state index in [1.165, 1.54) is 12.7 Å². The fraction of sp³-hybridized carbons (Fsp3) is 0.222. The number of benzene rings is 2. The van der Waals surface area contributed by atoms with Gasteiger partial charge in [-0.2, -0.15) is 0 Å². The van der Waals surface area contributed by atoms with Crippen LogP contribution < -0.4 is 10.2 Å². The van der Waals surface area contributed by atoms with E-state index in [2.05, 4.69) is 5.32 Å². The fourth-order valence-corrected chi connectivity index (χ4v) is 2.36. The Morgan fingerprint density at radius 1 is 1.04 bits per heavy atom. The third-order valence-electron chi connectivity index (χ3n) is 3.42. The molecule has 0 bridgehead atoms. The Balaban J connectivity index is 1.96. The number of amides is 1. The fourth-order valence-electron chi connectivity index (χ4n) is 2.36. The molecule has 120 valence electrons. The molecule has 0 aromatic heterocycles. The number of methoxy groups -OCH3 is 1. The van der Waals surface area contributed by atoms with Gasteiger partial charge in [0.15, 0.2) is 6.54 Å². The lowest BCUT2D eigenvalue weighted by Crippen LogP contribution is -3.08. The molecule has 2 aromatic carbocycles. The Bertz CT molecular complexity index is 671. The highest BCUT2D eigenvalue weighted by Crippen LogP contribution is 2.15. The minimum Gasteiger partial charge on any atom is -0.465 e. The number of ether oxygens (including phenoxy) is 1. The van der Waals surface area contributed by atoms with Crippen molar-refractivity contribution in [3.8, 4) is 0 Å². The molecule has 2 rings (SSSR count). The molecule has 5 heteroatoms. The van der Waals surface area contributed by atoms with Crippen LogP contribution in [-0.2, 0) is 16.1 Å². The molecule has 0 saturated heterocycles. The Morgan fingerprint density at radius 3 is 2.39 bits per heavy atom. The second-order valence-corrected chi connectivity index (χ2v) is 5.38. The molecule has 2 N–H and O–H groups in total. The summed E-state index contributed by atoms with van der Waals surface area (Å²) in [6.45, 7) is 1.07. The summed E-state index contributed by atoms with van der Waals surface area (Å²) in [6.07, 6.45) is 0. The minimum absolute atomic E-state index is 0.144. The van der Waals surface area contributed by atoms with E-state index < -0.39 is 5.97 Å². The predicted octanol–water partition coefficient (Wildman–Crippen LogP) is 1.13. The third kappa shape index (κ3) is 4.93. The number of para-hydroxylation sites is 1. The Labute approximate surface area is 135 Å². The Morgan fingerprint density at radius 2 is 1.70 bits per heavy atom. The number of likely N-dealkylation sites (N-methyl/N-ethyl adjacent to an activating group) is 1. The SMILES string of the molecule is COC(=O)c1ccccc1NC(=O)C[NH+](C)Cc1ccccc1. The van der Waals surface area contributed by atoms with E-state index >= 15 is 0 Å². The highest BCUT2D eigenvalue weighted by molar-refractivity contribution is 6.01. The van der Waals surface area contributed by atoms with Gasteiger partial charge in [0.2, 0.25) is 0 Å². The summed E-state index contributed by atoms with van der Waals surface area (Å²) < 4.78 is 4.72. The first-order valence-corrected chi connectivity index (χ1v) is 7.42. The van der Waals surface area contributed by atoms with Crippen molar-refractivity contribution in [1.29, 1.82) is 0 Å². The van der Waals surface area contributed by atoms with Crippen molar-refractivity contribution in [2.45, 2.75) is 6.54 Å². The molecular formula is C18H21N2O3+. The number of hydrogen-bond acceptors (Lipinski definition) is 3. The van der Waals surface area contributed by atoms with E-state index in [1.54, 1.807) is 24.3 Å². The lowest BCUT2D eigenvalue weighted by Gasteiger charge is -2.15. The topological polar surface area (TPSA) is 59.8 Å². The van der Waals surface area contributed by atoms with Crippen LogP contribution in [-0.4, -0.2) is 32.6 Å². The molecule has 1 atom stereocenters. The first kappa shape index (κ1) is 16.7. The van der Waals surface area contributed by atoms with Crippen molar-refractivity contribution in [2.24, 2.45) is 0 Å². The summed E-state index contributed by atoms with van der Waals surface area (Å²) in [4.78, 5) is 25.0. The Hall–Kier alpha value is -2.66. The summed E-state index contributed by atoms with van der Waals surface area (Å²) in [5.41, 5.74) is 1.99. The molecule has 0 radical (unpaired) electrons. The van der Waals surface area contributed by atoms with Crippen LogP contribution in [0.25, 0.3) is 0 Å². The zero-order chi connectivity index (χ0) is 16.7. The molecule has 1 amide bonds. The van der Waals surface area contributed by atoms with Gasteiger partial charge in [0.05, 0.1) is 25.4 Å². The van der Waals surface area contributed by atoms with Crippen molar-refractivity contribution >= 4 is 17.6 Å². The molecular weight excluding hydrogens is 292 g/mol. The number of rotatable bonds is 6. The molecule has 5 nitrogen and oxygen atoms in total. The van der Waals surface area contributed by atoms with E-state index in [0.717, 1.165) is 11.4 Å². The number of quaternary nitrogens is 1. The number of hydrogen-bond donors (Lipinski definition) is 2. The molecule has 0 aliphatic carbocycles. The van der Waals surface area contributed by atoms with Crippen LogP contribution in [0.3, 0.4) is 0 Å². The smallest absolute Gasteiger partial charge is 0.339 e. The van der Waals surface area contributed by atoms with Gasteiger partial charge in [-0.3, -0.25) is 4.79 Å². The van der Waals surface area contributed by atoms with E-state index in [4.69, 9.17) is 4.74 Å². The van der Waals surface area contributed by atoms with Gasteiger partial charge in [-0.1, -0.05) is 42.5 Å². The number of esters is 1. The van der Waals surface area contributed by atoms with E-state index in [0.29, 0.717) is 17.8 Å². The first-order valence-electron chi connectivity index (χ1n) is 7.42. The monoisotopic (exact) mass is 313 g/mol. The standard InChI is InChI=1S/C18H20N2O3/c1-20(12-14-8-4-3-5-9-14)13-17(21)19-16-11-7-6-10-15(16)18(22)23-2/h3-11H,12-13H2,1-2H3,(H,19,21)/p+1. The van der Waals surface area contributed by atoms with Gasteiger partial charge in [-0.05, 0) is 12.1 Å². The maximum Gasteiger partial charge on any atom is 0.339 e. The highest BCUT2D eigenvalue weighted by atomic mass is 16.5. The van der Waals surface area contributed by atoms with Crippen LogP contribution in [0.4, 0.5) is 5.69 Å². The van der Waals surface area contributed by atoms with Crippen molar-refractivity contribution in [1.82, 2.24) is 0 Å². The zero-order valence-electron chi connectivity index (χ0n) is 13.3. The predicted molar refractivity (Wildman–Crippen MR) is 88.3 cm³/mol. The van der Waals surface area contributed by atoms with Crippen LogP contribution in [0.5, 0.6) is 0 Å². The molecule has 0 spiro atoms. The summed E-state index contributed by atoms with van der Waals surface area (Å²) in [6, 6.07) is 16.8. The number of nitrogens with one attached hydrogen (secondary N) is 2. The van der Waals surface area contributed by atoms with Gasteiger partial charge in [-0.15, -0.1) is 0 Å². The molecule has 0 aliphatic heterocycles. The molecule has 0 saturated carbocycles. The van der Waals surface area contributed by atoms with Gasteiger partial charge in [0.25, 0.3) is 5.91 Å². The lowest BCUT2D eigenvalue weighted by atomic mass is 10.2. The number of carbonyl (C=O) groups excluding carboxylic acids is 2. The van der Waals surface area contributed by atoms with Crippen LogP contribution in [0.2, 0.25) is 0 Å². The zero-order valence-corrected chi connectivity index (χ0v) is 13.3. The van der Waals surface area contributed by atoms with Gasteiger partial charge in [0.1, 0.15) is 6.54 Å². The summed E-state index contributed by atoms with van der Waals surface area (Å²) in [5, 5.41) is 2.78. The lowest BCUT2D eigenvalue weighted by molar-refractivity contribution is -0.885. The van der Waals surface area contributed by atoms with E-state index in [9.17, 15) is 9.59 Å². The van der Waals surface area contributed by atoms with E-state index in [-0.39, 0.29) is 5.91 Å². The average molecular weight is 313 g/mol. The molecule has 1 unspecified atom stereocenters. The minimum atomic E-state index is -0.467. The highest BCUT2D eigenvalue weighted by Gasteiger charge is 2.15. The summed E-state index contributed by atoms with van der Waals surface area (Å²) >= 11 is 0. The molecule has 23 heavy (non-hydrogen) atoms. The van der Waals surface area contributed by atoms with Crippen molar-refractivity contribution in [3.63, 3.8) is 0 Å². The maximum atomic E-state index is 12.2. The van der Waals surface area contributed by atoms with Crippen LogP contribution in [0.1, 0.15) is 15.9 Å². The van der Waals surface area contributed by atoms with Crippen molar-refractivity contribution in [2.75, 3.05) is 26.0 Å². The maximum absolute atomic E-state index is 12.2. The van der Waals surface area contributed by atoms with Crippen molar-refractivity contribution < 1.29 is 19.2 Å². The largest absolute Gasteiger partial charge is 0.465 e. The summed E-state index contributed by atoms with van der Waals surface area (Å²) in [7, 11) is 3.28. The second kappa shape index (κ2) is 8.10. The quantitative estimate of drug-likeness (QED) is 0.786. The Kier molecular flexibility index (Phi) is 5.88.